The number of fused-ring (bicyclic) bond motifs is 4. The minimum Gasteiger partial charge on any atom is -0.351 e. The average Bonchev–Trinajstić information content (AvgIpc) is 3.03. The van der Waals surface area contributed by atoms with Gasteiger partial charge in [0.2, 0.25) is 0 Å². The van der Waals surface area contributed by atoms with Crippen molar-refractivity contribution >= 4 is 16.8 Å². The van der Waals surface area contributed by atoms with Crippen LogP contribution in [-0.4, -0.2) is 17.0 Å². The second kappa shape index (κ2) is 6.15. The zero-order valence-corrected chi connectivity index (χ0v) is 15.1. The van der Waals surface area contributed by atoms with Gasteiger partial charge < -0.3 is 9.88 Å². The molecule has 3 aliphatic rings. The third kappa shape index (κ3) is 2.86. The van der Waals surface area contributed by atoms with Crippen LogP contribution in [0.2, 0.25) is 0 Å². The molecule has 3 fully saturated rings. The summed E-state index contributed by atoms with van der Waals surface area (Å²) in [6.45, 7) is 4.82. The molecular formula is C21H27FN2O. The Kier molecular flexibility index (Phi) is 4.09. The highest BCUT2D eigenvalue weighted by atomic mass is 19.1. The molecule has 0 aliphatic heterocycles. The smallest absolute Gasteiger partial charge is 0.253 e. The Balaban J connectivity index is 1.60. The molecule has 3 aliphatic carbocycles. The topological polar surface area (TPSA) is 34.0 Å². The van der Waals surface area contributed by atoms with Gasteiger partial charge in [0.05, 0.1) is 11.1 Å². The molecular weight excluding hydrogens is 315 g/mol. The van der Waals surface area contributed by atoms with Crippen molar-refractivity contribution in [2.75, 3.05) is 6.54 Å². The van der Waals surface area contributed by atoms with Gasteiger partial charge in [-0.05, 0) is 75.8 Å². The van der Waals surface area contributed by atoms with Crippen molar-refractivity contribution < 1.29 is 9.18 Å². The lowest BCUT2D eigenvalue weighted by atomic mass is 9.61. The second-order valence-electron chi connectivity index (χ2n) is 8.34. The first-order chi connectivity index (χ1) is 12.0. The van der Waals surface area contributed by atoms with Crippen LogP contribution in [0, 0.1) is 17.2 Å². The van der Waals surface area contributed by atoms with Crippen LogP contribution < -0.4 is 5.32 Å². The van der Waals surface area contributed by atoms with Crippen LogP contribution in [0.4, 0.5) is 4.39 Å². The van der Waals surface area contributed by atoms with Crippen molar-refractivity contribution in [3.05, 3.63) is 35.8 Å². The molecule has 1 N–H and O–H groups in total. The van der Waals surface area contributed by atoms with E-state index in [1.54, 1.807) is 6.07 Å². The summed E-state index contributed by atoms with van der Waals surface area (Å²) in [6.07, 6.45) is 9.38. The molecule has 134 valence electrons. The van der Waals surface area contributed by atoms with Gasteiger partial charge in [0.25, 0.3) is 5.91 Å². The lowest BCUT2D eigenvalue weighted by Crippen LogP contribution is -2.43. The van der Waals surface area contributed by atoms with E-state index >= 15 is 0 Å². The zero-order valence-electron chi connectivity index (χ0n) is 15.1. The van der Waals surface area contributed by atoms with E-state index in [0.717, 1.165) is 18.0 Å². The number of benzene rings is 1. The molecule has 0 atom stereocenters. The van der Waals surface area contributed by atoms with E-state index < -0.39 is 0 Å². The van der Waals surface area contributed by atoms with Crippen LogP contribution in [0.25, 0.3) is 10.9 Å². The monoisotopic (exact) mass is 342 g/mol. The van der Waals surface area contributed by atoms with Gasteiger partial charge in [-0.3, -0.25) is 4.79 Å². The minimum absolute atomic E-state index is 0.142. The van der Waals surface area contributed by atoms with E-state index in [9.17, 15) is 9.18 Å². The molecule has 5 rings (SSSR count). The van der Waals surface area contributed by atoms with E-state index in [1.807, 2.05) is 30.7 Å². The number of nitrogens with one attached hydrogen (secondary N) is 1. The highest BCUT2D eigenvalue weighted by Gasteiger charge is 2.40. The zero-order chi connectivity index (χ0) is 17.6. The molecule has 1 amide bonds. The number of aromatic nitrogens is 1. The number of hydrogen-bond acceptors (Lipinski definition) is 1. The Labute approximate surface area is 148 Å². The van der Waals surface area contributed by atoms with Crippen molar-refractivity contribution in [3.8, 4) is 0 Å². The molecule has 1 heterocycles. The summed E-state index contributed by atoms with van der Waals surface area (Å²) in [5.41, 5.74) is 1.53. The van der Waals surface area contributed by atoms with Gasteiger partial charge >= 0.3 is 0 Å². The van der Waals surface area contributed by atoms with E-state index in [1.165, 1.54) is 44.6 Å². The van der Waals surface area contributed by atoms with Gasteiger partial charge in [-0.2, -0.15) is 0 Å². The van der Waals surface area contributed by atoms with Crippen molar-refractivity contribution in [1.82, 2.24) is 9.88 Å². The van der Waals surface area contributed by atoms with Gasteiger partial charge in [-0.15, -0.1) is 0 Å². The van der Waals surface area contributed by atoms with Crippen LogP contribution in [0.3, 0.4) is 0 Å². The minimum atomic E-state index is -0.321. The summed E-state index contributed by atoms with van der Waals surface area (Å²) >= 11 is 0. The fourth-order valence-electron chi connectivity index (χ4n) is 4.83. The van der Waals surface area contributed by atoms with Gasteiger partial charge in [0.15, 0.2) is 0 Å². The molecule has 2 bridgehead atoms. The van der Waals surface area contributed by atoms with Gasteiger partial charge in [-0.1, -0.05) is 6.07 Å². The normalized spacial score (nSPS) is 25.7. The molecule has 0 radical (unpaired) electrons. The maximum atomic E-state index is 14.4. The Morgan fingerprint density at radius 1 is 1.28 bits per heavy atom. The van der Waals surface area contributed by atoms with E-state index in [0.29, 0.717) is 10.9 Å². The molecule has 0 saturated heterocycles. The number of carbonyl (C=O) groups is 1. The van der Waals surface area contributed by atoms with Crippen LogP contribution in [0.1, 0.15) is 68.8 Å². The summed E-state index contributed by atoms with van der Waals surface area (Å²) in [7, 11) is 0. The Morgan fingerprint density at radius 3 is 2.60 bits per heavy atom. The summed E-state index contributed by atoms with van der Waals surface area (Å²) in [4.78, 5) is 12.9. The van der Waals surface area contributed by atoms with E-state index in [4.69, 9.17) is 0 Å². The number of amides is 1. The molecule has 2 aromatic rings. The number of halogens is 1. The molecule has 25 heavy (non-hydrogen) atoms. The highest BCUT2D eigenvalue weighted by Crippen LogP contribution is 2.49. The third-order valence-corrected chi connectivity index (χ3v) is 6.48. The van der Waals surface area contributed by atoms with Crippen molar-refractivity contribution in [2.45, 2.75) is 58.4 Å². The highest BCUT2D eigenvalue weighted by molar-refractivity contribution is 6.07. The average molecular weight is 342 g/mol. The van der Waals surface area contributed by atoms with E-state index in [2.05, 4.69) is 5.32 Å². The largest absolute Gasteiger partial charge is 0.351 e. The third-order valence-electron chi connectivity index (χ3n) is 6.48. The number of nitrogens with zero attached hydrogens (tertiary/aromatic N) is 1. The Bertz CT molecular complexity index is 786. The predicted octanol–water partition coefficient (Wildman–Crippen LogP) is 5.06. The first kappa shape index (κ1) is 16.6. The van der Waals surface area contributed by atoms with Crippen LogP contribution in [-0.2, 0) is 0 Å². The quantitative estimate of drug-likeness (QED) is 0.828. The maximum Gasteiger partial charge on any atom is 0.253 e. The van der Waals surface area contributed by atoms with Crippen LogP contribution >= 0.6 is 0 Å². The molecule has 1 aromatic heterocycles. The first-order valence-electron chi connectivity index (χ1n) is 9.56. The first-order valence-corrected chi connectivity index (χ1v) is 9.56. The van der Waals surface area contributed by atoms with Crippen LogP contribution in [0.5, 0.6) is 0 Å². The fourth-order valence-corrected chi connectivity index (χ4v) is 4.83. The fraction of sp³-hybridized carbons (Fsp3) is 0.571. The summed E-state index contributed by atoms with van der Waals surface area (Å²) in [5.74, 6) is 0.450. The molecule has 4 heteroatoms. The van der Waals surface area contributed by atoms with Crippen molar-refractivity contribution in [3.63, 3.8) is 0 Å². The van der Waals surface area contributed by atoms with Crippen molar-refractivity contribution in [2.24, 2.45) is 11.3 Å². The second-order valence-corrected chi connectivity index (χ2v) is 8.34. The van der Waals surface area contributed by atoms with Crippen LogP contribution in [0.15, 0.2) is 24.4 Å². The maximum absolute atomic E-state index is 14.4. The van der Waals surface area contributed by atoms with Crippen molar-refractivity contribution in [1.29, 1.82) is 0 Å². The van der Waals surface area contributed by atoms with E-state index in [-0.39, 0.29) is 23.2 Å². The molecule has 0 spiro atoms. The summed E-state index contributed by atoms with van der Waals surface area (Å²) in [5, 5.41) is 3.58. The Hall–Kier alpha value is -1.84. The lowest BCUT2D eigenvalue weighted by molar-refractivity contribution is 0.0597. The SMILES string of the molecule is CC(C)n1cc(C(=O)NCC23CCC(CC2)CC3)c2c(F)cccc21. The van der Waals surface area contributed by atoms with Gasteiger partial charge in [-0.25, -0.2) is 4.39 Å². The summed E-state index contributed by atoms with van der Waals surface area (Å²) < 4.78 is 16.4. The number of hydrogen-bond donors (Lipinski definition) is 1. The van der Waals surface area contributed by atoms with Gasteiger partial charge in [0.1, 0.15) is 5.82 Å². The molecule has 1 aromatic carbocycles. The predicted molar refractivity (Wildman–Crippen MR) is 98.2 cm³/mol. The number of carbonyl (C=O) groups excluding carboxylic acids is 1. The molecule has 3 nitrogen and oxygen atoms in total. The lowest BCUT2D eigenvalue weighted by Gasteiger charge is -2.46. The molecule has 3 saturated carbocycles. The summed E-state index contributed by atoms with van der Waals surface area (Å²) in [6, 6.07) is 5.21. The number of rotatable bonds is 4. The van der Waals surface area contributed by atoms with Gasteiger partial charge in [0, 0.05) is 24.2 Å². The Morgan fingerprint density at radius 2 is 1.96 bits per heavy atom. The standard InChI is InChI=1S/C21H27FN2O/c1-14(2)24-12-16(19-17(22)4-3-5-18(19)24)20(25)23-13-21-9-6-15(7-10-21)8-11-21/h3-5,12,14-15H,6-11,13H2,1-2H3,(H,23,25). The molecule has 0 unspecified atom stereocenters.